The number of anilines is 1. The first-order valence-electron chi connectivity index (χ1n) is 27.8. The Kier molecular flexibility index (Phi) is 19.8. The fourth-order valence-corrected chi connectivity index (χ4v) is 11.5. The summed E-state index contributed by atoms with van der Waals surface area (Å²) in [6, 6.07) is 50.4. The van der Waals surface area contributed by atoms with Gasteiger partial charge in [0.1, 0.15) is 17.1 Å². The van der Waals surface area contributed by atoms with Crippen LogP contribution in [-0.2, 0) is 37.4 Å². The molecule has 7 aromatic rings. The number of carbonyl (C=O) groups excluding carboxylic acids is 4. The molecule has 0 spiro atoms. The number of thiophene rings is 1. The number of halogens is 1. The number of aliphatic hydroxyl groups is 1. The van der Waals surface area contributed by atoms with E-state index in [0.29, 0.717) is 19.3 Å². The quantitative estimate of drug-likeness (QED) is 0.0375. The summed E-state index contributed by atoms with van der Waals surface area (Å²) < 4.78 is 19.0. The van der Waals surface area contributed by atoms with Crippen LogP contribution in [-0.4, -0.2) is 102 Å². The number of guanidine groups is 3. The van der Waals surface area contributed by atoms with Crippen LogP contribution in [0.15, 0.2) is 197 Å². The van der Waals surface area contributed by atoms with Crippen molar-refractivity contribution in [3.05, 3.63) is 215 Å². The molecule has 0 aliphatic carbocycles. The standard InChI is InChI=1S/C25H24FN5O2.C22H25N3O2.C19H23N3O2S/c26-20-14-7-8-15-21(20)29-24(33)28-16-9-17-31-22(32)25(30-23(31)27,18-10-3-1-4-11-18)19-12-5-2-6-13-19;1-5-8-19-20(26)25(3)21(23)24-22(19,2)17-11-6-9-15(13-17)16-10-7-12-18(14-16)27-4;1-19(11-17(24)22(2)18(20)21-19)16-10-15(12-25-16)14-7-3-5-13(9-14)6-4-8-23/h1-8,10-15H,9,16-17H2,(H2,27,30)(H2,28,29,33);5-7,9-14,19H,1,8H2,2-4H3,(H2,23,24);3,5,7,9-10,12,23H,4,6,8,11H2,1-2H3,(H2,20,21)/t;19-,22+;19-/m.00/s1. The number of para-hydroxylation sites is 1. The molecule has 4 heterocycles. The highest BCUT2D eigenvalue weighted by Crippen LogP contribution is 2.43. The molecule has 0 fully saturated rings. The second-order valence-corrected chi connectivity index (χ2v) is 22.0. The molecule has 440 valence electrons. The second-order valence-electron chi connectivity index (χ2n) is 21.1. The molecule has 0 saturated heterocycles. The maximum atomic E-state index is 13.7. The minimum Gasteiger partial charge on any atom is -0.497 e. The molecule has 5 amide bonds. The molecule has 17 nitrogen and oxygen atoms in total. The summed E-state index contributed by atoms with van der Waals surface area (Å²) >= 11 is 1.61. The van der Waals surface area contributed by atoms with Gasteiger partial charge in [-0.25, -0.2) is 24.2 Å². The molecule has 3 atom stereocenters. The molecule has 19 heteroatoms. The highest BCUT2D eigenvalue weighted by Gasteiger charge is 2.50. The first kappa shape index (κ1) is 61.6. The lowest BCUT2D eigenvalue weighted by atomic mass is 9.76. The largest absolute Gasteiger partial charge is 0.497 e. The van der Waals surface area contributed by atoms with Crippen LogP contribution in [0.25, 0.3) is 22.3 Å². The molecule has 85 heavy (non-hydrogen) atoms. The van der Waals surface area contributed by atoms with Crippen molar-refractivity contribution in [2.45, 2.75) is 62.6 Å². The number of amides is 5. The number of hydrogen-bond acceptors (Lipinski definition) is 13. The van der Waals surface area contributed by atoms with Gasteiger partial charge in [0.2, 0.25) is 11.8 Å². The van der Waals surface area contributed by atoms with Gasteiger partial charge in [-0.05, 0) is 126 Å². The molecular weight excluding hydrogens is 1090 g/mol. The minimum absolute atomic E-state index is 0.0176. The third-order valence-electron chi connectivity index (χ3n) is 15.3. The van der Waals surface area contributed by atoms with Gasteiger partial charge in [-0.1, -0.05) is 133 Å². The zero-order valence-electron chi connectivity index (χ0n) is 48.4. The topological polar surface area (TPSA) is 247 Å². The van der Waals surface area contributed by atoms with Crippen LogP contribution in [0.4, 0.5) is 14.9 Å². The van der Waals surface area contributed by atoms with Crippen molar-refractivity contribution in [1.82, 2.24) is 20.0 Å². The molecule has 0 bridgehead atoms. The summed E-state index contributed by atoms with van der Waals surface area (Å²) in [5.41, 5.74) is 23.6. The normalized spacial score (nSPS) is 18.9. The number of urea groups is 1. The number of allylic oxidation sites excluding steroid dienone is 1. The average Bonchev–Trinajstić information content (AvgIpc) is 2.30. The second kappa shape index (κ2) is 27.3. The number of ether oxygens (including phenoxy) is 1. The maximum Gasteiger partial charge on any atom is 0.319 e. The van der Waals surface area contributed by atoms with E-state index in [4.69, 9.17) is 32.0 Å². The van der Waals surface area contributed by atoms with E-state index in [1.54, 1.807) is 50.8 Å². The number of benzene rings is 6. The predicted molar refractivity (Wildman–Crippen MR) is 335 cm³/mol. The molecule has 0 radical (unpaired) electrons. The Bertz CT molecular complexity index is 3590. The van der Waals surface area contributed by atoms with Crippen LogP contribution >= 0.6 is 11.3 Å². The molecule has 6 aromatic carbocycles. The first-order valence-corrected chi connectivity index (χ1v) is 28.7. The van der Waals surface area contributed by atoms with Gasteiger partial charge in [-0.2, -0.15) is 0 Å². The van der Waals surface area contributed by atoms with Crippen molar-refractivity contribution >= 4 is 58.7 Å². The fraction of sp³-hybridized carbons (Fsp3) is 0.258. The van der Waals surface area contributed by atoms with E-state index >= 15 is 0 Å². The summed E-state index contributed by atoms with van der Waals surface area (Å²) in [6.45, 7) is 8.47. The molecule has 0 unspecified atom stereocenters. The number of nitrogens with one attached hydrogen (secondary N) is 2. The van der Waals surface area contributed by atoms with E-state index in [1.807, 2.05) is 123 Å². The van der Waals surface area contributed by atoms with Crippen molar-refractivity contribution in [2.24, 2.45) is 38.1 Å². The van der Waals surface area contributed by atoms with E-state index in [2.05, 4.69) is 62.9 Å². The van der Waals surface area contributed by atoms with Gasteiger partial charge in [-0.15, -0.1) is 17.9 Å². The van der Waals surface area contributed by atoms with Gasteiger partial charge in [0.05, 0.1) is 30.7 Å². The third kappa shape index (κ3) is 13.8. The van der Waals surface area contributed by atoms with Crippen molar-refractivity contribution < 1.29 is 33.4 Å². The molecule has 10 rings (SSSR count). The van der Waals surface area contributed by atoms with E-state index in [9.17, 15) is 23.6 Å². The average molecular weight is 1170 g/mol. The first-order chi connectivity index (χ1) is 40.8. The lowest BCUT2D eigenvalue weighted by molar-refractivity contribution is -0.134. The molecule has 0 saturated carbocycles. The summed E-state index contributed by atoms with van der Waals surface area (Å²) in [7, 11) is 4.96. The number of aliphatic imine (C=N–C) groups is 3. The molecule has 1 aromatic heterocycles. The smallest absolute Gasteiger partial charge is 0.319 e. The van der Waals surface area contributed by atoms with Crippen molar-refractivity contribution in [3.63, 3.8) is 0 Å². The number of nitrogens with two attached hydrogens (primary N) is 3. The monoisotopic (exact) mass is 1170 g/mol. The molecule has 3 aliphatic rings. The Morgan fingerprint density at radius 2 is 1.35 bits per heavy atom. The van der Waals surface area contributed by atoms with Crippen LogP contribution in [0.2, 0.25) is 0 Å². The summed E-state index contributed by atoms with van der Waals surface area (Å²) in [5.74, 6) is 0.245. The lowest BCUT2D eigenvalue weighted by Gasteiger charge is -2.40. The summed E-state index contributed by atoms with van der Waals surface area (Å²) in [6.07, 6.45) is 4.67. The van der Waals surface area contributed by atoms with Crippen molar-refractivity contribution in [1.29, 1.82) is 0 Å². The van der Waals surface area contributed by atoms with Crippen molar-refractivity contribution in [2.75, 3.05) is 46.2 Å². The predicted octanol–water partition coefficient (Wildman–Crippen LogP) is 9.73. The Morgan fingerprint density at radius 1 is 0.741 bits per heavy atom. The Morgan fingerprint density at radius 3 is 2.00 bits per heavy atom. The van der Waals surface area contributed by atoms with Crippen LogP contribution in [0.3, 0.4) is 0 Å². The number of aliphatic hydroxyl groups excluding tert-OH is 1. The van der Waals surface area contributed by atoms with E-state index in [0.717, 1.165) is 62.4 Å². The Hall–Kier alpha value is -9.46. The van der Waals surface area contributed by atoms with Gasteiger partial charge in [0.25, 0.3) is 5.91 Å². The fourth-order valence-electron chi connectivity index (χ4n) is 10.4. The van der Waals surface area contributed by atoms with Gasteiger partial charge < -0.3 is 37.7 Å². The van der Waals surface area contributed by atoms with Crippen LogP contribution in [0.5, 0.6) is 5.75 Å². The van der Waals surface area contributed by atoms with Gasteiger partial charge in [0, 0.05) is 38.7 Å². The Labute approximate surface area is 499 Å². The molecule has 3 aliphatic heterocycles. The number of hydrogen-bond donors (Lipinski definition) is 6. The van der Waals surface area contributed by atoms with Crippen LogP contribution in [0.1, 0.15) is 66.7 Å². The number of rotatable bonds is 17. The summed E-state index contributed by atoms with van der Waals surface area (Å²) in [5, 5.41) is 16.2. The molecule has 9 N–H and O–H groups in total. The minimum atomic E-state index is -1.25. The highest BCUT2D eigenvalue weighted by molar-refractivity contribution is 7.10. The Balaban J connectivity index is 0.000000168. The van der Waals surface area contributed by atoms with E-state index in [-0.39, 0.29) is 66.9 Å². The maximum absolute atomic E-state index is 13.7. The van der Waals surface area contributed by atoms with Gasteiger partial charge in [0.15, 0.2) is 23.4 Å². The van der Waals surface area contributed by atoms with Crippen molar-refractivity contribution in [3.8, 4) is 28.0 Å². The highest BCUT2D eigenvalue weighted by atomic mass is 32.1. The van der Waals surface area contributed by atoms with Crippen LogP contribution < -0.4 is 32.6 Å². The van der Waals surface area contributed by atoms with Gasteiger partial charge in [-0.3, -0.25) is 29.1 Å². The number of nitrogens with zero attached hydrogens (tertiary/aromatic N) is 6. The van der Waals surface area contributed by atoms with E-state index in [1.165, 1.54) is 32.4 Å². The van der Waals surface area contributed by atoms with Gasteiger partial charge >= 0.3 is 6.03 Å². The SMILES string of the molecule is C=CC[C@H]1C(=O)N(C)C(N)=N[C@]1(C)c1cccc(-c2cccc(OC)c2)c1.CN1C(=O)C[C@@](C)(c2cc(-c3cccc(CCCO)c3)cs2)N=C1N.NC1=NC(c2ccccc2)(c2ccccc2)C(=O)N1CCCNC(=O)Nc1ccccc1F. The number of carbonyl (C=O) groups is 4. The third-order valence-corrected chi connectivity index (χ3v) is 16.5. The zero-order chi connectivity index (χ0) is 60.9. The lowest BCUT2D eigenvalue weighted by Crippen LogP contribution is -2.53. The number of aryl methyl sites for hydroxylation is 1. The van der Waals surface area contributed by atoms with E-state index < -0.39 is 28.5 Å². The summed E-state index contributed by atoms with van der Waals surface area (Å²) in [4.78, 5) is 69.9. The zero-order valence-corrected chi connectivity index (χ0v) is 49.2. The molecular formula is C66H72FN11O6S. The number of methoxy groups -OCH3 is 1. The van der Waals surface area contributed by atoms with Crippen LogP contribution in [0, 0.1) is 11.7 Å².